The number of carbonyl (C=O) groups is 2. The van der Waals surface area contributed by atoms with Crippen LogP contribution in [0.3, 0.4) is 0 Å². The van der Waals surface area contributed by atoms with Gasteiger partial charge in [-0.15, -0.1) is 0 Å². The lowest BCUT2D eigenvalue weighted by Gasteiger charge is -2.14. The maximum atomic E-state index is 11.7. The summed E-state index contributed by atoms with van der Waals surface area (Å²) in [4.78, 5) is 33.1. The van der Waals surface area contributed by atoms with E-state index in [9.17, 15) is 19.7 Å². The third-order valence-corrected chi connectivity index (χ3v) is 2.74. The molecule has 0 aromatic heterocycles. The van der Waals surface area contributed by atoms with Gasteiger partial charge >= 0.3 is 5.97 Å². The van der Waals surface area contributed by atoms with Crippen LogP contribution in [0.5, 0.6) is 0 Å². The molecule has 1 rings (SSSR count). The summed E-state index contributed by atoms with van der Waals surface area (Å²) in [6.45, 7) is -0.413. The lowest BCUT2D eigenvalue weighted by Crippen LogP contribution is -2.33. The number of carboxylic acid groups (broad SMARTS) is 1. The van der Waals surface area contributed by atoms with E-state index < -0.39 is 23.3 Å². The summed E-state index contributed by atoms with van der Waals surface area (Å²) in [6.07, 6.45) is -0.111. The first kappa shape index (κ1) is 14.9. The van der Waals surface area contributed by atoms with Crippen molar-refractivity contribution in [1.82, 2.24) is 4.90 Å². The van der Waals surface area contributed by atoms with Crippen molar-refractivity contribution in [2.75, 3.05) is 13.6 Å². The first-order valence-electron chi connectivity index (χ1n) is 5.20. The highest BCUT2D eigenvalue weighted by molar-refractivity contribution is 6.31. The summed E-state index contributed by atoms with van der Waals surface area (Å²) in [5, 5.41) is 19.2. The first-order valence-corrected chi connectivity index (χ1v) is 5.57. The number of nitro groups is 1. The lowest BCUT2D eigenvalue weighted by atomic mass is 10.1. The van der Waals surface area contributed by atoms with Crippen molar-refractivity contribution in [2.45, 2.75) is 6.42 Å². The van der Waals surface area contributed by atoms with Crippen molar-refractivity contribution in [2.24, 2.45) is 0 Å². The predicted octanol–water partition coefficient (Wildman–Crippen LogP) is 1.33. The van der Waals surface area contributed by atoms with Crippen LogP contribution in [0.4, 0.5) is 5.69 Å². The average molecular weight is 287 g/mol. The number of amides is 1. The van der Waals surface area contributed by atoms with Crippen molar-refractivity contribution in [1.29, 1.82) is 0 Å². The Balaban J connectivity index is 2.80. The van der Waals surface area contributed by atoms with Crippen LogP contribution in [0.15, 0.2) is 18.2 Å². The number of likely N-dealkylation sites (N-methyl/N-ethyl adjacent to an activating group) is 1. The maximum absolute atomic E-state index is 11.7. The molecule has 1 amide bonds. The van der Waals surface area contributed by atoms with Crippen molar-refractivity contribution in [3.63, 3.8) is 0 Å². The Hall–Kier alpha value is -2.15. The second kappa shape index (κ2) is 6.14. The number of rotatable bonds is 5. The number of nitro benzene ring substituents is 1. The number of carboxylic acids is 1. The molecular formula is C11H11ClN2O5. The molecule has 0 aliphatic rings. The Morgan fingerprint density at radius 1 is 1.47 bits per heavy atom. The Morgan fingerprint density at radius 2 is 2.11 bits per heavy atom. The van der Waals surface area contributed by atoms with Crippen LogP contribution in [0, 0.1) is 10.1 Å². The fourth-order valence-electron chi connectivity index (χ4n) is 1.38. The third-order valence-electron chi connectivity index (χ3n) is 2.39. The Labute approximate surface area is 113 Å². The van der Waals surface area contributed by atoms with Gasteiger partial charge in [0.2, 0.25) is 5.91 Å². The summed E-state index contributed by atoms with van der Waals surface area (Å²) >= 11 is 5.84. The summed E-state index contributed by atoms with van der Waals surface area (Å²) in [7, 11) is 1.36. The van der Waals surface area contributed by atoms with Gasteiger partial charge in [-0.05, 0) is 5.56 Å². The van der Waals surface area contributed by atoms with E-state index in [2.05, 4.69) is 0 Å². The highest BCUT2D eigenvalue weighted by Crippen LogP contribution is 2.23. The van der Waals surface area contributed by atoms with Gasteiger partial charge in [0.05, 0.1) is 16.4 Å². The van der Waals surface area contributed by atoms with E-state index >= 15 is 0 Å². The Bertz CT molecular complexity index is 532. The molecule has 8 heteroatoms. The minimum Gasteiger partial charge on any atom is -0.480 e. The summed E-state index contributed by atoms with van der Waals surface area (Å²) in [6, 6.07) is 3.78. The minimum absolute atomic E-state index is 0.103. The molecule has 0 radical (unpaired) electrons. The summed E-state index contributed by atoms with van der Waals surface area (Å²) < 4.78 is 0. The van der Waals surface area contributed by atoms with Crippen LogP contribution >= 0.6 is 11.6 Å². The van der Waals surface area contributed by atoms with Gasteiger partial charge in [0.15, 0.2) is 0 Å². The molecule has 0 unspecified atom stereocenters. The fraction of sp³-hybridized carbons (Fsp3) is 0.273. The molecule has 7 nitrogen and oxygen atoms in total. The second-order valence-corrected chi connectivity index (χ2v) is 4.26. The molecule has 0 aliphatic heterocycles. The normalized spacial score (nSPS) is 10.0. The number of hydrogen-bond donors (Lipinski definition) is 1. The van der Waals surface area contributed by atoms with Gasteiger partial charge in [-0.1, -0.05) is 17.7 Å². The van der Waals surface area contributed by atoms with Crippen LogP contribution < -0.4 is 0 Å². The smallest absolute Gasteiger partial charge is 0.323 e. The van der Waals surface area contributed by atoms with Crippen LogP contribution in [-0.4, -0.2) is 40.4 Å². The Morgan fingerprint density at radius 3 is 2.58 bits per heavy atom. The number of aliphatic carboxylic acids is 1. The second-order valence-electron chi connectivity index (χ2n) is 3.85. The van der Waals surface area contributed by atoms with E-state index in [-0.39, 0.29) is 17.1 Å². The molecule has 0 atom stereocenters. The molecule has 0 spiro atoms. The number of halogens is 1. The molecule has 0 bridgehead atoms. The maximum Gasteiger partial charge on any atom is 0.323 e. The average Bonchev–Trinajstić information content (AvgIpc) is 2.30. The highest BCUT2D eigenvalue weighted by Gasteiger charge is 2.16. The number of carbonyl (C=O) groups excluding carboxylic acids is 1. The lowest BCUT2D eigenvalue weighted by molar-refractivity contribution is -0.384. The SMILES string of the molecule is CN(CC(=O)O)C(=O)Cc1ccc([N+](=O)[O-])cc1Cl. The number of benzene rings is 1. The van der Waals surface area contributed by atoms with E-state index in [0.717, 1.165) is 11.0 Å². The zero-order valence-electron chi connectivity index (χ0n) is 10.00. The molecule has 0 saturated carbocycles. The monoisotopic (exact) mass is 286 g/mol. The third kappa shape index (κ3) is 4.22. The number of non-ortho nitro benzene ring substituents is 1. The molecule has 0 heterocycles. The van der Waals surface area contributed by atoms with E-state index in [0.29, 0.717) is 5.56 Å². The molecule has 0 saturated heterocycles. The van der Waals surface area contributed by atoms with Crippen molar-refractivity contribution in [3.05, 3.63) is 38.9 Å². The minimum atomic E-state index is -1.12. The van der Waals surface area contributed by atoms with Crippen molar-refractivity contribution < 1.29 is 19.6 Å². The number of hydrogen-bond acceptors (Lipinski definition) is 4. The van der Waals surface area contributed by atoms with Gasteiger partial charge in [0.1, 0.15) is 6.54 Å². The Kier molecular flexibility index (Phi) is 4.82. The topological polar surface area (TPSA) is 101 Å². The largest absolute Gasteiger partial charge is 0.480 e. The van der Waals surface area contributed by atoms with Gasteiger partial charge in [-0.2, -0.15) is 0 Å². The zero-order valence-corrected chi connectivity index (χ0v) is 10.8. The van der Waals surface area contributed by atoms with Gasteiger partial charge < -0.3 is 10.0 Å². The van der Waals surface area contributed by atoms with E-state index in [4.69, 9.17) is 16.7 Å². The predicted molar refractivity (Wildman–Crippen MR) is 67.1 cm³/mol. The molecule has 1 N–H and O–H groups in total. The van der Waals surface area contributed by atoms with E-state index in [1.165, 1.54) is 19.2 Å². The van der Waals surface area contributed by atoms with E-state index in [1.54, 1.807) is 0 Å². The molecule has 19 heavy (non-hydrogen) atoms. The van der Waals surface area contributed by atoms with Crippen LogP contribution in [0.2, 0.25) is 5.02 Å². The van der Waals surface area contributed by atoms with Gasteiger partial charge in [-0.25, -0.2) is 0 Å². The van der Waals surface area contributed by atoms with E-state index in [1.807, 2.05) is 0 Å². The highest BCUT2D eigenvalue weighted by atomic mass is 35.5. The quantitative estimate of drug-likeness (QED) is 0.650. The van der Waals surface area contributed by atoms with Crippen LogP contribution in [-0.2, 0) is 16.0 Å². The first-order chi connectivity index (χ1) is 8.81. The molecule has 0 aliphatic carbocycles. The standard InChI is InChI=1S/C11H11ClN2O5/c1-13(6-11(16)17)10(15)4-7-2-3-8(14(18)19)5-9(7)12/h2-3,5H,4,6H2,1H3,(H,16,17). The summed E-state index contributed by atoms with van der Waals surface area (Å²) in [5.74, 6) is -1.55. The van der Waals surface area contributed by atoms with Crippen molar-refractivity contribution >= 4 is 29.2 Å². The van der Waals surface area contributed by atoms with Crippen LogP contribution in [0.25, 0.3) is 0 Å². The number of nitrogens with zero attached hydrogens (tertiary/aromatic N) is 2. The van der Waals surface area contributed by atoms with Crippen molar-refractivity contribution in [3.8, 4) is 0 Å². The molecule has 0 fully saturated rings. The summed E-state index contributed by atoms with van der Waals surface area (Å²) in [5.41, 5.74) is 0.245. The molecule has 102 valence electrons. The van der Waals surface area contributed by atoms with Gasteiger partial charge in [0, 0.05) is 19.2 Å². The van der Waals surface area contributed by atoms with Crippen LogP contribution in [0.1, 0.15) is 5.56 Å². The zero-order chi connectivity index (χ0) is 14.6. The van der Waals surface area contributed by atoms with Gasteiger partial charge in [0.25, 0.3) is 5.69 Å². The molecule has 1 aromatic rings. The molecular weight excluding hydrogens is 276 g/mol. The fourth-order valence-corrected chi connectivity index (χ4v) is 1.62. The van der Waals surface area contributed by atoms with Gasteiger partial charge in [-0.3, -0.25) is 19.7 Å². The molecule has 1 aromatic carbocycles.